The Morgan fingerprint density at radius 2 is 1.59 bits per heavy atom. The Hall–Kier alpha value is -1.69. The molecule has 0 saturated carbocycles. The summed E-state index contributed by atoms with van der Waals surface area (Å²) in [5.41, 5.74) is 1.65. The maximum atomic E-state index is 11.8. The van der Waals surface area contributed by atoms with E-state index in [9.17, 15) is 13.5 Å². The number of nitrogens with two attached hydrogens (primary N) is 1. The van der Waals surface area contributed by atoms with Crippen LogP contribution in [0.3, 0.4) is 0 Å². The van der Waals surface area contributed by atoms with Gasteiger partial charge in [-0.1, -0.05) is 55.5 Å². The molecule has 0 aliphatic carbocycles. The standard InChI is InChI=1S/C17H21NO3S/c1-2-14(13-8-4-3-5-9-13)16(12-19)15-10-6-7-11-17(15)22(18,20)21/h3-11,14,16,19H,2,12H2,1H3,(H2,18,20,21)/t14-,16+/m1/s1. The van der Waals surface area contributed by atoms with Crippen molar-refractivity contribution in [1.82, 2.24) is 0 Å². The van der Waals surface area contributed by atoms with Gasteiger partial charge in [0.2, 0.25) is 10.0 Å². The number of benzene rings is 2. The van der Waals surface area contributed by atoms with Gasteiger partial charge in [0.15, 0.2) is 0 Å². The highest BCUT2D eigenvalue weighted by Crippen LogP contribution is 2.37. The molecule has 2 aromatic rings. The summed E-state index contributed by atoms with van der Waals surface area (Å²) in [7, 11) is -3.82. The van der Waals surface area contributed by atoms with Gasteiger partial charge in [-0.05, 0) is 29.5 Å². The monoisotopic (exact) mass is 319 g/mol. The first-order chi connectivity index (χ1) is 10.5. The molecule has 0 aromatic heterocycles. The van der Waals surface area contributed by atoms with Gasteiger partial charge < -0.3 is 5.11 Å². The number of hydrogen-bond donors (Lipinski definition) is 2. The molecule has 0 aliphatic heterocycles. The molecule has 0 spiro atoms. The topological polar surface area (TPSA) is 80.4 Å². The van der Waals surface area contributed by atoms with E-state index in [1.54, 1.807) is 18.2 Å². The molecule has 0 saturated heterocycles. The highest BCUT2D eigenvalue weighted by molar-refractivity contribution is 7.89. The van der Waals surface area contributed by atoms with Crippen molar-refractivity contribution in [2.75, 3.05) is 6.61 Å². The molecule has 2 aromatic carbocycles. The SMILES string of the molecule is CC[C@H](c1ccccc1)[C@H](CO)c1ccccc1S(N)(=O)=O. The maximum absolute atomic E-state index is 11.8. The number of sulfonamides is 1. The van der Waals surface area contributed by atoms with Crippen LogP contribution in [-0.2, 0) is 10.0 Å². The minimum absolute atomic E-state index is 0.0223. The second-order valence-electron chi connectivity index (χ2n) is 5.30. The van der Waals surface area contributed by atoms with Crippen molar-refractivity contribution in [1.29, 1.82) is 0 Å². The van der Waals surface area contributed by atoms with Crippen LogP contribution in [0.5, 0.6) is 0 Å². The summed E-state index contributed by atoms with van der Waals surface area (Å²) >= 11 is 0. The average molecular weight is 319 g/mol. The smallest absolute Gasteiger partial charge is 0.238 e. The van der Waals surface area contributed by atoms with Gasteiger partial charge in [-0.2, -0.15) is 0 Å². The van der Waals surface area contributed by atoms with Crippen LogP contribution in [0.2, 0.25) is 0 Å². The van der Waals surface area contributed by atoms with E-state index in [-0.39, 0.29) is 23.3 Å². The number of primary sulfonamides is 1. The van der Waals surface area contributed by atoms with Crippen LogP contribution in [0, 0.1) is 0 Å². The first-order valence-corrected chi connectivity index (χ1v) is 8.81. The van der Waals surface area contributed by atoms with Crippen LogP contribution in [0.25, 0.3) is 0 Å². The van der Waals surface area contributed by atoms with Gasteiger partial charge in [-0.15, -0.1) is 0 Å². The van der Waals surface area contributed by atoms with E-state index >= 15 is 0 Å². The van der Waals surface area contributed by atoms with Gasteiger partial charge >= 0.3 is 0 Å². The third kappa shape index (κ3) is 3.55. The number of hydrogen-bond acceptors (Lipinski definition) is 3. The second kappa shape index (κ2) is 7.05. The Kier molecular flexibility index (Phi) is 5.34. The summed E-state index contributed by atoms with van der Waals surface area (Å²) in [6, 6.07) is 16.4. The number of rotatable bonds is 6. The molecule has 3 N–H and O–H groups in total. The molecule has 4 nitrogen and oxygen atoms in total. The van der Waals surface area contributed by atoms with Crippen molar-refractivity contribution in [2.45, 2.75) is 30.1 Å². The third-order valence-corrected chi connectivity index (χ3v) is 4.96. The largest absolute Gasteiger partial charge is 0.396 e. The van der Waals surface area contributed by atoms with E-state index < -0.39 is 10.0 Å². The molecular weight excluding hydrogens is 298 g/mol. The molecule has 118 valence electrons. The fourth-order valence-corrected chi connectivity index (χ4v) is 3.76. The van der Waals surface area contributed by atoms with Crippen LogP contribution in [-0.4, -0.2) is 20.1 Å². The quantitative estimate of drug-likeness (QED) is 0.859. The number of aliphatic hydroxyl groups is 1. The minimum atomic E-state index is -3.82. The summed E-state index contributed by atoms with van der Waals surface area (Å²) in [6.45, 7) is 1.89. The lowest BCUT2D eigenvalue weighted by molar-refractivity contribution is 0.244. The summed E-state index contributed by atoms with van der Waals surface area (Å²) in [5.74, 6) is -0.295. The lowest BCUT2D eigenvalue weighted by atomic mass is 9.80. The lowest BCUT2D eigenvalue weighted by Crippen LogP contribution is -2.21. The minimum Gasteiger partial charge on any atom is -0.396 e. The Morgan fingerprint density at radius 1 is 1.00 bits per heavy atom. The highest BCUT2D eigenvalue weighted by atomic mass is 32.2. The van der Waals surface area contributed by atoms with Crippen molar-refractivity contribution in [3.63, 3.8) is 0 Å². The summed E-state index contributed by atoms with van der Waals surface area (Å²) in [4.78, 5) is 0.0865. The van der Waals surface area contributed by atoms with E-state index in [0.717, 1.165) is 12.0 Å². The van der Waals surface area contributed by atoms with Crippen LogP contribution in [0.1, 0.15) is 36.3 Å². The zero-order valence-electron chi connectivity index (χ0n) is 12.5. The molecule has 0 amide bonds. The highest BCUT2D eigenvalue weighted by Gasteiger charge is 2.27. The van der Waals surface area contributed by atoms with Gasteiger partial charge in [-0.3, -0.25) is 0 Å². The van der Waals surface area contributed by atoms with Gasteiger partial charge in [0.05, 0.1) is 11.5 Å². The van der Waals surface area contributed by atoms with Crippen molar-refractivity contribution in [2.24, 2.45) is 5.14 Å². The Bertz CT molecular complexity index is 714. The molecule has 2 rings (SSSR count). The van der Waals surface area contributed by atoms with Crippen molar-refractivity contribution < 1.29 is 13.5 Å². The Balaban J connectivity index is 2.53. The van der Waals surface area contributed by atoms with Gasteiger partial charge in [0.1, 0.15) is 0 Å². The summed E-state index contributed by atoms with van der Waals surface area (Å²) < 4.78 is 23.6. The molecule has 5 heteroatoms. The zero-order chi connectivity index (χ0) is 16.2. The van der Waals surface area contributed by atoms with Crippen LogP contribution < -0.4 is 5.14 Å². The predicted octanol–water partition coefficient (Wildman–Crippen LogP) is 2.60. The van der Waals surface area contributed by atoms with Gasteiger partial charge in [0, 0.05) is 5.92 Å². The van der Waals surface area contributed by atoms with E-state index in [2.05, 4.69) is 0 Å². The molecule has 0 heterocycles. The normalized spacial score (nSPS) is 14.5. The fraction of sp³-hybridized carbons (Fsp3) is 0.294. The van der Waals surface area contributed by atoms with E-state index in [0.29, 0.717) is 5.56 Å². The van der Waals surface area contributed by atoms with Gasteiger partial charge in [0.25, 0.3) is 0 Å². The molecule has 0 fully saturated rings. The zero-order valence-corrected chi connectivity index (χ0v) is 13.3. The summed E-state index contributed by atoms with van der Waals surface area (Å²) in [5, 5.41) is 15.2. The van der Waals surface area contributed by atoms with Crippen molar-refractivity contribution in [3.05, 3.63) is 65.7 Å². The van der Waals surface area contributed by atoms with Crippen molar-refractivity contribution in [3.8, 4) is 0 Å². The van der Waals surface area contributed by atoms with Crippen LogP contribution >= 0.6 is 0 Å². The first-order valence-electron chi connectivity index (χ1n) is 7.26. The molecule has 22 heavy (non-hydrogen) atoms. The Labute approximate surface area is 131 Å². The molecule has 0 unspecified atom stereocenters. The van der Waals surface area contributed by atoms with Crippen LogP contribution in [0.15, 0.2) is 59.5 Å². The molecule has 2 atom stereocenters. The number of aliphatic hydroxyl groups excluding tert-OH is 1. The van der Waals surface area contributed by atoms with Crippen LogP contribution in [0.4, 0.5) is 0 Å². The fourth-order valence-electron chi connectivity index (χ4n) is 2.94. The lowest BCUT2D eigenvalue weighted by Gasteiger charge is -2.27. The Morgan fingerprint density at radius 3 is 2.14 bits per heavy atom. The van der Waals surface area contributed by atoms with E-state index in [1.165, 1.54) is 6.07 Å². The van der Waals surface area contributed by atoms with Crippen molar-refractivity contribution >= 4 is 10.0 Å². The van der Waals surface area contributed by atoms with E-state index in [1.807, 2.05) is 37.3 Å². The predicted molar refractivity (Wildman–Crippen MR) is 87.1 cm³/mol. The van der Waals surface area contributed by atoms with E-state index in [4.69, 9.17) is 5.14 Å². The average Bonchev–Trinajstić information content (AvgIpc) is 2.52. The molecular formula is C17H21NO3S. The second-order valence-corrected chi connectivity index (χ2v) is 6.83. The molecule has 0 aliphatic rings. The summed E-state index contributed by atoms with van der Waals surface area (Å²) in [6.07, 6.45) is 0.786. The molecule has 0 radical (unpaired) electrons. The first kappa shape index (κ1) is 16.7. The van der Waals surface area contributed by atoms with Gasteiger partial charge in [-0.25, -0.2) is 13.6 Å². The third-order valence-electron chi connectivity index (χ3n) is 3.97. The maximum Gasteiger partial charge on any atom is 0.238 e. The molecule has 0 bridgehead atoms.